The Bertz CT molecular complexity index is 502. The molecule has 0 saturated carbocycles. The van der Waals surface area contributed by atoms with Gasteiger partial charge in [-0.3, -0.25) is 10.2 Å². The number of rotatable bonds is 5. The molecule has 2 saturated heterocycles. The highest BCUT2D eigenvalue weighted by atomic mass is 35.5. The normalized spacial score (nSPS) is 27.6. The number of methoxy groups -OCH3 is 1. The maximum atomic E-state index is 12.7. The van der Waals surface area contributed by atoms with Gasteiger partial charge in [0.1, 0.15) is 6.04 Å². The van der Waals surface area contributed by atoms with Crippen LogP contribution >= 0.6 is 12.4 Å². The molecule has 4 atom stereocenters. The molecule has 0 aromatic heterocycles. The number of piperidine rings is 1. The highest BCUT2D eigenvalue weighted by Crippen LogP contribution is 2.21. The van der Waals surface area contributed by atoms with Crippen molar-refractivity contribution in [1.82, 2.24) is 21.5 Å². The fourth-order valence-electron chi connectivity index (χ4n) is 3.31. The van der Waals surface area contributed by atoms with E-state index in [1.807, 2.05) is 30.3 Å². The average molecular weight is 341 g/mol. The van der Waals surface area contributed by atoms with Gasteiger partial charge in [0.25, 0.3) is 0 Å². The van der Waals surface area contributed by atoms with E-state index in [2.05, 4.69) is 21.5 Å². The van der Waals surface area contributed by atoms with Crippen molar-refractivity contribution in [3.8, 4) is 0 Å². The molecule has 6 nitrogen and oxygen atoms in total. The molecule has 2 aliphatic heterocycles. The third-order valence-corrected chi connectivity index (χ3v) is 4.52. The summed E-state index contributed by atoms with van der Waals surface area (Å²) in [5.41, 5.74) is 7.46. The molecular weight excluding hydrogens is 316 g/mol. The maximum Gasteiger partial charge on any atom is 0.239 e. The van der Waals surface area contributed by atoms with E-state index >= 15 is 0 Å². The SMILES string of the molecule is COCC(NC(=O)C1NNC2CCNCC21)c1ccccc1.Cl. The van der Waals surface area contributed by atoms with Crippen LogP contribution in [0.5, 0.6) is 0 Å². The largest absolute Gasteiger partial charge is 0.382 e. The van der Waals surface area contributed by atoms with Crippen LogP contribution in [0.15, 0.2) is 30.3 Å². The van der Waals surface area contributed by atoms with E-state index in [4.69, 9.17) is 4.74 Å². The number of carbonyl (C=O) groups is 1. The maximum absolute atomic E-state index is 12.7. The first kappa shape index (κ1) is 18.2. The molecule has 3 rings (SSSR count). The van der Waals surface area contributed by atoms with E-state index < -0.39 is 0 Å². The van der Waals surface area contributed by atoms with Crippen LogP contribution in [0.3, 0.4) is 0 Å². The zero-order chi connectivity index (χ0) is 15.4. The summed E-state index contributed by atoms with van der Waals surface area (Å²) in [6, 6.07) is 9.97. The number of ether oxygens (including phenoxy) is 1. The van der Waals surface area contributed by atoms with Crippen molar-refractivity contribution in [3.63, 3.8) is 0 Å². The van der Waals surface area contributed by atoms with Crippen LogP contribution in [0, 0.1) is 5.92 Å². The summed E-state index contributed by atoms with van der Waals surface area (Å²) in [7, 11) is 1.65. The van der Waals surface area contributed by atoms with Crippen molar-refractivity contribution >= 4 is 18.3 Å². The van der Waals surface area contributed by atoms with E-state index in [1.54, 1.807) is 7.11 Å². The zero-order valence-corrected chi connectivity index (χ0v) is 14.1. The van der Waals surface area contributed by atoms with Gasteiger partial charge in [0, 0.05) is 25.6 Å². The third kappa shape index (κ3) is 4.22. The van der Waals surface area contributed by atoms with Crippen LogP contribution in [0.2, 0.25) is 0 Å². The first-order chi connectivity index (χ1) is 10.8. The van der Waals surface area contributed by atoms with E-state index in [1.165, 1.54) is 0 Å². The lowest BCUT2D eigenvalue weighted by Crippen LogP contribution is -2.50. The van der Waals surface area contributed by atoms with E-state index in [0.717, 1.165) is 25.1 Å². The molecule has 7 heteroatoms. The van der Waals surface area contributed by atoms with Crippen molar-refractivity contribution in [2.75, 3.05) is 26.8 Å². The fourth-order valence-corrected chi connectivity index (χ4v) is 3.31. The molecule has 4 unspecified atom stereocenters. The number of nitrogens with one attached hydrogen (secondary N) is 4. The Morgan fingerprint density at radius 3 is 2.87 bits per heavy atom. The fraction of sp³-hybridized carbons (Fsp3) is 0.562. The Hall–Kier alpha value is -1.18. The van der Waals surface area contributed by atoms with Crippen LogP contribution < -0.4 is 21.5 Å². The minimum absolute atomic E-state index is 0. The molecule has 0 aliphatic carbocycles. The van der Waals surface area contributed by atoms with Gasteiger partial charge in [-0.05, 0) is 18.5 Å². The van der Waals surface area contributed by atoms with Crippen LogP contribution in [0.25, 0.3) is 0 Å². The lowest BCUT2D eigenvalue weighted by atomic mass is 9.89. The molecule has 1 aromatic rings. The average Bonchev–Trinajstić information content (AvgIpc) is 2.99. The molecule has 128 valence electrons. The minimum Gasteiger partial charge on any atom is -0.382 e. The van der Waals surface area contributed by atoms with Gasteiger partial charge in [-0.1, -0.05) is 30.3 Å². The Morgan fingerprint density at radius 1 is 1.35 bits per heavy atom. The summed E-state index contributed by atoms with van der Waals surface area (Å²) in [4.78, 5) is 12.7. The van der Waals surface area contributed by atoms with Crippen molar-refractivity contribution < 1.29 is 9.53 Å². The van der Waals surface area contributed by atoms with Crippen LogP contribution in [0.4, 0.5) is 0 Å². The lowest BCUT2D eigenvalue weighted by molar-refractivity contribution is -0.125. The second kappa shape index (κ2) is 8.61. The van der Waals surface area contributed by atoms with Gasteiger partial charge < -0.3 is 15.4 Å². The van der Waals surface area contributed by atoms with Crippen molar-refractivity contribution in [1.29, 1.82) is 0 Å². The standard InChI is InChI=1S/C16H24N4O2.ClH/c1-22-10-14(11-5-3-2-4-6-11)18-16(21)15-12-9-17-8-7-13(12)19-20-15;/h2-6,12-15,17,19-20H,7-10H2,1H3,(H,18,21);1H. The van der Waals surface area contributed by atoms with Crippen molar-refractivity contribution in [3.05, 3.63) is 35.9 Å². The molecular formula is C16H25ClN4O2. The predicted octanol–water partition coefficient (Wildman–Crippen LogP) is 0.367. The Labute approximate surface area is 143 Å². The minimum atomic E-state index is -0.208. The highest BCUT2D eigenvalue weighted by molar-refractivity contribution is 5.85. The first-order valence-electron chi connectivity index (χ1n) is 7.85. The summed E-state index contributed by atoms with van der Waals surface area (Å²) >= 11 is 0. The third-order valence-electron chi connectivity index (χ3n) is 4.52. The van der Waals surface area contributed by atoms with Crippen LogP contribution in [0.1, 0.15) is 18.0 Å². The molecule has 0 bridgehead atoms. The van der Waals surface area contributed by atoms with Gasteiger partial charge in [-0.2, -0.15) is 0 Å². The predicted molar refractivity (Wildman–Crippen MR) is 91.3 cm³/mol. The summed E-state index contributed by atoms with van der Waals surface area (Å²) in [5, 5.41) is 6.48. The summed E-state index contributed by atoms with van der Waals surface area (Å²) < 4.78 is 5.27. The summed E-state index contributed by atoms with van der Waals surface area (Å²) in [5.74, 6) is 0.308. The number of fused-ring (bicyclic) bond motifs is 1. The molecule has 23 heavy (non-hydrogen) atoms. The smallest absolute Gasteiger partial charge is 0.239 e. The van der Waals surface area contributed by atoms with Gasteiger partial charge in [0.15, 0.2) is 0 Å². The van der Waals surface area contributed by atoms with Gasteiger partial charge in [-0.25, -0.2) is 5.43 Å². The monoisotopic (exact) mass is 340 g/mol. The van der Waals surface area contributed by atoms with Gasteiger partial charge >= 0.3 is 0 Å². The zero-order valence-electron chi connectivity index (χ0n) is 13.2. The van der Waals surface area contributed by atoms with Crippen molar-refractivity contribution in [2.24, 2.45) is 5.92 Å². The Kier molecular flexibility index (Phi) is 6.80. The van der Waals surface area contributed by atoms with E-state index in [9.17, 15) is 4.79 Å². The van der Waals surface area contributed by atoms with Gasteiger partial charge in [0.2, 0.25) is 5.91 Å². The number of benzene rings is 1. The molecule has 4 N–H and O–H groups in total. The van der Waals surface area contributed by atoms with Crippen LogP contribution in [-0.4, -0.2) is 44.8 Å². The number of carbonyl (C=O) groups excluding carboxylic acids is 1. The molecule has 0 spiro atoms. The number of hydrazine groups is 1. The second-order valence-corrected chi connectivity index (χ2v) is 5.96. The van der Waals surface area contributed by atoms with Gasteiger partial charge in [-0.15, -0.1) is 12.4 Å². The molecule has 2 fully saturated rings. The number of hydrogen-bond acceptors (Lipinski definition) is 5. The molecule has 2 heterocycles. The Morgan fingerprint density at radius 2 is 2.13 bits per heavy atom. The first-order valence-corrected chi connectivity index (χ1v) is 7.85. The van der Waals surface area contributed by atoms with E-state index in [-0.39, 0.29) is 36.3 Å². The number of halogens is 1. The lowest BCUT2D eigenvalue weighted by Gasteiger charge is -2.28. The number of amides is 1. The van der Waals surface area contributed by atoms with E-state index in [0.29, 0.717) is 12.6 Å². The topological polar surface area (TPSA) is 74.4 Å². The quantitative estimate of drug-likeness (QED) is 0.623. The number of hydrogen-bond donors (Lipinski definition) is 4. The Balaban J connectivity index is 0.00000192. The highest BCUT2D eigenvalue weighted by Gasteiger charge is 2.41. The molecule has 1 amide bonds. The van der Waals surface area contributed by atoms with Crippen molar-refractivity contribution in [2.45, 2.75) is 24.5 Å². The molecule has 1 aromatic carbocycles. The molecule has 2 aliphatic rings. The second-order valence-electron chi connectivity index (χ2n) is 5.96. The summed E-state index contributed by atoms with van der Waals surface area (Å²) in [6.45, 7) is 2.33. The van der Waals surface area contributed by atoms with Crippen LogP contribution in [-0.2, 0) is 9.53 Å². The summed E-state index contributed by atoms with van der Waals surface area (Å²) in [6.07, 6.45) is 1.04. The van der Waals surface area contributed by atoms with Gasteiger partial charge in [0.05, 0.1) is 12.6 Å². The molecule has 0 radical (unpaired) electrons.